The molecule has 1 aliphatic rings. The van der Waals surface area contributed by atoms with Gasteiger partial charge in [-0.25, -0.2) is 0 Å². The zero-order chi connectivity index (χ0) is 21.6. The number of hydrogen-bond donors (Lipinski definition) is 1. The van der Waals surface area contributed by atoms with Gasteiger partial charge in [-0.1, -0.05) is 44.2 Å². The summed E-state index contributed by atoms with van der Waals surface area (Å²) in [5.74, 6) is 0.239. The van der Waals surface area contributed by atoms with Crippen LogP contribution in [0.2, 0.25) is 0 Å². The van der Waals surface area contributed by atoms with E-state index in [0.717, 1.165) is 65.2 Å². The lowest BCUT2D eigenvalue weighted by molar-refractivity contribution is -0.131. The zero-order valence-electron chi connectivity index (χ0n) is 18.9. The van der Waals surface area contributed by atoms with Crippen LogP contribution in [0.1, 0.15) is 51.5 Å². The molecular weight excluding hydrogens is 376 g/mol. The van der Waals surface area contributed by atoms with E-state index in [9.17, 15) is 9.59 Å². The van der Waals surface area contributed by atoms with Crippen LogP contribution in [0.3, 0.4) is 0 Å². The Bertz CT molecular complexity index is 609. The maximum absolute atomic E-state index is 12.3. The van der Waals surface area contributed by atoms with E-state index in [4.69, 9.17) is 0 Å². The van der Waals surface area contributed by atoms with Crippen molar-refractivity contribution in [1.82, 2.24) is 20.0 Å². The van der Waals surface area contributed by atoms with Gasteiger partial charge in [0.05, 0.1) is 0 Å². The van der Waals surface area contributed by atoms with Crippen molar-refractivity contribution in [2.75, 3.05) is 52.4 Å². The highest BCUT2D eigenvalue weighted by atomic mass is 16.2. The largest absolute Gasteiger partial charge is 0.355 e. The molecular formula is C24H40N4O2. The van der Waals surface area contributed by atoms with Gasteiger partial charge in [-0.15, -0.1) is 0 Å². The Hall–Kier alpha value is -1.92. The van der Waals surface area contributed by atoms with Gasteiger partial charge >= 0.3 is 0 Å². The van der Waals surface area contributed by atoms with Gasteiger partial charge in [-0.2, -0.15) is 0 Å². The topological polar surface area (TPSA) is 55.9 Å². The molecule has 1 fully saturated rings. The first kappa shape index (κ1) is 24.4. The predicted molar refractivity (Wildman–Crippen MR) is 122 cm³/mol. The molecule has 6 nitrogen and oxygen atoms in total. The second-order valence-electron chi connectivity index (χ2n) is 8.19. The molecule has 0 aromatic heterocycles. The molecule has 1 aromatic rings. The van der Waals surface area contributed by atoms with Crippen LogP contribution in [0.5, 0.6) is 0 Å². The maximum Gasteiger partial charge on any atom is 0.222 e. The predicted octanol–water partition coefficient (Wildman–Crippen LogP) is 2.74. The summed E-state index contributed by atoms with van der Waals surface area (Å²) >= 11 is 0. The van der Waals surface area contributed by atoms with E-state index in [1.165, 1.54) is 5.56 Å². The first-order chi connectivity index (χ1) is 14.6. The third-order valence-corrected chi connectivity index (χ3v) is 5.60. The molecule has 2 rings (SSSR count). The smallest absolute Gasteiger partial charge is 0.222 e. The Kier molecular flexibility index (Phi) is 11.5. The summed E-state index contributed by atoms with van der Waals surface area (Å²) in [5.41, 5.74) is 1.37. The molecule has 1 heterocycles. The Labute approximate surface area is 182 Å². The number of carbonyl (C=O) groups excluding carboxylic acids is 2. The number of nitrogens with zero attached hydrogens (tertiary/aromatic N) is 3. The zero-order valence-corrected chi connectivity index (χ0v) is 18.9. The lowest BCUT2D eigenvalue weighted by Gasteiger charge is -2.34. The van der Waals surface area contributed by atoms with Crippen molar-refractivity contribution in [3.8, 4) is 0 Å². The van der Waals surface area contributed by atoms with Gasteiger partial charge in [0.15, 0.2) is 0 Å². The van der Waals surface area contributed by atoms with Crippen molar-refractivity contribution in [2.24, 2.45) is 0 Å². The summed E-state index contributed by atoms with van der Waals surface area (Å²) in [7, 11) is 0. The van der Waals surface area contributed by atoms with Crippen molar-refractivity contribution in [2.45, 2.75) is 52.5 Å². The van der Waals surface area contributed by atoms with Crippen LogP contribution in [0.15, 0.2) is 30.3 Å². The molecule has 0 aliphatic carbocycles. The van der Waals surface area contributed by atoms with Crippen LogP contribution in [0.25, 0.3) is 0 Å². The minimum Gasteiger partial charge on any atom is -0.355 e. The van der Waals surface area contributed by atoms with Crippen molar-refractivity contribution in [1.29, 1.82) is 0 Å². The minimum atomic E-state index is 0.0584. The molecule has 6 heteroatoms. The van der Waals surface area contributed by atoms with Crippen LogP contribution < -0.4 is 5.32 Å². The van der Waals surface area contributed by atoms with Crippen molar-refractivity contribution < 1.29 is 9.59 Å². The standard InChI is InChI=1S/C24H40N4O2/c1-3-14-28(15-4-2)24(30)12-8-11-23(29)25-13-16-26-17-19-27(20-18-26)21-22-9-6-5-7-10-22/h5-7,9-10H,3-4,8,11-21H2,1-2H3,(H,25,29). The molecule has 1 saturated heterocycles. The third kappa shape index (κ3) is 9.26. The van der Waals surface area contributed by atoms with Crippen LogP contribution >= 0.6 is 0 Å². The Morgan fingerprint density at radius 2 is 1.57 bits per heavy atom. The van der Waals surface area contributed by atoms with E-state index < -0.39 is 0 Å². The molecule has 0 saturated carbocycles. The molecule has 0 spiro atoms. The maximum atomic E-state index is 12.3. The van der Waals surface area contributed by atoms with Crippen LogP contribution in [0.4, 0.5) is 0 Å². The van der Waals surface area contributed by atoms with Crippen LogP contribution in [-0.2, 0) is 16.1 Å². The molecule has 2 amide bonds. The van der Waals surface area contributed by atoms with Gasteiger partial charge < -0.3 is 10.2 Å². The van der Waals surface area contributed by atoms with Gasteiger partial charge in [0, 0.05) is 71.7 Å². The summed E-state index contributed by atoms with van der Waals surface area (Å²) < 4.78 is 0. The number of hydrogen-bond acceptors (Lipinski definition) is 4. The fourth-order valence-electron chi connectivity index (χ4n) is 3.91. The summed E-state index contributed by atoms with van der Waals surface area (Å²) in [4.78, 5) is 31.2. The highest BCUT2D eigenvalue weighted by Crippen LogP contribution is 2.08. The molecule has 1 N–H and O–H groups in total. The van der Waals surface area contributed by atoms with Crippen molar-refractivity contribution in [3.63, 3.8) is 0 Å². The molecule has 1 aliphatic heterocycles. The van der Waals surface area contributed by atoms with E-state index >= 15 is 0 Å². The van der Waals surface area contributed by atoms with Crippen molar-refractivity contribution >= 4 is 11.8 Å². The monoisotopic (exact) mass is 416 g/mol. The quantitative estimate of drug-likeness (QED) is 0.537. The summed E-state index contributed by atoms with van der Waals surface area (Å²) in [6, 6.07) is 10.6. The fourth-order valence-corrected chi connectivity index (χ4v) is 3.91. The normalized spacial score (nSPS) is 15.1. The fraction of sp³-hybridized carbons (Fsp3) is 0.667. The highest BCUT2D eigenvalue weighted by Gasteiger charge is 2.17. The second kappa shape index (κ2) is 14.1. The lowest BCUT2D eigenvalue weighted by atomic mass is 10.2. The number of carbonyl (C=O) groups is 2. The number of rotatable bonds is 13. The van der Waals surface area contributed by atoms with E-state index in [2.05, 4.69) is 59.3 Å². The summed E-state index contributed by atoms with van der Waals surface area (Å²) in [6.07, 6.45) is 3.49. The molecule has 0 radical (unpaired) electrons. The molecule has 168 valence electrons. The average Bonchev–Trinajstić information content (AvgIpc) is 2.75. The van der Waals surface area contributed by atoms with Gasteiger partial charge in [-0.05, 0) is 24.8 Å². The van der Waals surface area contributed by atoms with Gasteiger partial charge in [0.2, 0.25) is 11.8 Å². The van der Waals surface area contributed by atoms with E-state index in [1.807, 2.05) is 4.90 Å². The van der Waals surface area contributed by atoms with Gasteiger partial charge in [0.25, 0.3) is 0 Å². The Morgan fingerprint density at radius 1 is 0.933 bits per heavy atom. The van der Waals surface area contributed by atoms with E-state index in [1.54, 1.807) is 0 Å². The summed E-state index contributed by atoms with van der Waals surface area (Å²) in [6.45, 7) is 12.6. The SMILES string of the molecule is CCCN(CCC)C(=O)CCCC(=O)NCCN1CCN(Cc2ccccc2)CC1. The molecule has 30 heavy (non-hydrogen) atoms. The number of amides is 2. The van der Waals surface area contributed by atoms with E-state index in [0.29, 0.717) is 25.8 Å². The van der Waals surface area contributed by atoms with Crippen LogP contribution in [-0.4, -0.2) is 78.9 Å². The summed E-state index contributed by atoms with van der Waals surface area (Å²) in [5, 5.41) is 3.02. The van der Waals surface area contributed by atoms with Crippen molar-refractivity contribution in [3.05, 3.63) is 35.9 Å². The first-order valence-electron chi connectivity index (χ1n) is 11.7. The molecule has 1 aromatic carbocycles. The molecule has 0 atom stereocenters. The number of benzene rings is 1. The Balaban J connectivity index is 1.53. The van der Waals surface area contributed by atoms with E-state index in [-0.39, 0.29) is 11.8 Å². The second-order valence-corrected chi connectivity index (χ2v) is 8.19. The highest BCUT2D eigenvalue weighted by molar-refractivity contribution is 5.78. The number of piperazine rings is 1. The molecule has 0 unspecified atom stereocenters. The first-order valence-corrected chi connectivity index (χ1v) is 11.7. The Morgan fingerprint density at radius 3 is 2.20 bits per heavy atom. The van der Waals surface area contributed by atoms with Crippen LogP contribution in [0, 0.1) is 0 Å². The average molecular weight is 417 g/mol. The van der Waals surface area contributed by atoms with Gasteiger partial charge in [0.1, 0.15) is 0 Å². The lowest BCUT2D eigenvalue weighted by Crippen LogP contribution is -2.48. The molecule has 0 bridgehead atoms. The van der Waals surface area contributed by atoms with Gasteiger partial charge in [-0.3, -0.25) is 19.4 Å². The minimum absolute atomic E-state index is 0.0584. The number of nitrogens with one attached hydrogen (secondary N) is 1. The third-order valence-electron chi connectivity index (χ3n) is 5.60.